The van der Waals surface area contributed by atoms with Gasteiger partial charge in [0.1, 0.15) is 36.6 Å². The Morgan fingerprint density at radius 3 is 2.71 bits per heavy atom. The molecule has 2 aromatic rings. The number of hydrogen-bond acceptors (Lipinski definition) is 9. The molecular weight excluding hydrogens is 456 g/mol. The first-order valence-electron chi connectivity index (χ1n) is 11.6. The lowest BCUT2D eigenvalue weighted by Crippen LogP contribution is -2.41. The first-order chi connectivity index (χ1) is 17.0. The van der Waals surface area contributed by atoms with Crippen LogP contribution in [0.5, 0.6) is 23.0 Å². The summed E-state index contributed by atoms with van der Waals surface area (Å²) in [6.07, 6.45) is 0.713. The minimum absolute atomic E-state index is 0.0760. The third-order valence-electron chi connectivity index (χ3n) is 6.20. The van der Waals surface area contributed by atoms with E-state index in [4.69, 9.17) is 24.0 Å². The van der Waals surface area contributed by atoms with Gasteiger partial charge in [0.15, 0.2) is 23.8 Å². The highest BCUT2D eigenvalue weighted by Gasteiger charge is 2.33. The van der Waals surface area contributed by atoms with E-state index in [1.165, 1.54) is 0 Å². The van der Waals surface area contributed by atoms with Gasteiger partial charge in [0.25, 0.3) is 11.8 Å². The fourth-order valence-corrected chi connectivity index (χ4v) is 4.48. The fraction of sp³-hybridized carbons (Fsp3) is 0.375. The van der Waals surface area contributed by atoms with Crippen LogP contribution in [0.1, 0.15) is 25.7 Å². The predicted octanol–water partition coefficient (Wildman–Crippen LogP) is 0.819. The van der Waals surface area contributed by atoms with Crippen molar-refractivity contribution in [2.45, 2.75) is 25.7 Å². The van der Waals surface area contributed by atoms with Crippen LogP contribution in [-0.4, -0.2) is 55.7 Å². The fourth-order valence-electron chi connectivity index (χ4n) is 4.48. The van der Waals surface area contributed by atoms with E-state index < -0.39 is 17.8 Å². The standard InChI is InChI=1S/C24H22N4O7/c29-22-3-4-23(30)28(22)35-24(31)2-1-6-27-7-9-33-21-12-16-20(13-17(21)27)34-19-10-14-18(11-15(19)26-16)32-8-5-25-14/h10-13H,1-9H2/p+1. The molecule has 1 saturated heterocycles. The number of nitrogens with zero attached hydrogens (tertiary/aromatic N) is 3. The minimum atomic E-state index is -0.604. The molecule has 6 rings (SSSR count). The number of benzene rings is 2. The lowest BCUT2D eigenvalue weighted by Gasteiger charge is -2.22. The maximum absolute atomic E-state index is 12.1. The monoisotopic (exact) mass is 479 g/mol. The minimum Gasteiger partial charge on any atom is -0.490 e. The second-order valence-corrected chi connectivity index (χ2v) is 8.58. The third kappa shape index (κ3) is 4.02. The molecule has 2 aromatic carbocycles. The molecule has 0 saturated carbocycles. The summed E-state index contributed by atoms with van der Waals surface area (Å²) in [5.41, 5.74) is 1.57. The Balaban J connectivity index is 1.21. The van der Waals surface area contributed by atoms with Crippen LogP contribution in [0.2, 0.25) is 0 Å². The van der Waals surface area contributed by atoms with E-state index in [-0.39, 0.29) is 19.3 Å². The van der Waals surface area contributed by atoms with Gasteiger partial charge in [-0.05, 0) is 0 Å². The van der Waals surface area contributed by atoms with Crippen molar-refractivity contribution in [3.05, 3.63) is 35.0 Å². The lowest BCUT2D eigenvalue weighted by molar-refractivity contribution is -0.197. The summed E-state index contributed by atoms with van der Waals surface area (Å²) < 4.78 is 19.9. The largest absolute Gasteiger partial charge is 0.490 e. The van der Waals surface area contributed by atoms with Gasteiger partial charge in [0.05, 0.1) is 18.2 Å². The Kier molecular flexibility index (Phi) is 5.24. The highest BCUT2D eigenvalue weighted by Crippen LogP contribution is 2.42. The molecule has 4 aliphatic heterocycles. The number of anilines is 1. The van der Waals surface area contributed by atoms with Crippen molar-refractivity contribution in [2.24, 2.45) is 4.99 Å². The number of carbonyl (C=O) groups excluding carboxylic acids is 3. The number of hydroxylamine groups is 2. The Hall–Kier alpha value is -4.15. The van der Waals surface area contributed by atoms with Crippen LogP contribution >= 0.6 is 0 Å². The number of carbonyl (C=O) groups is 3. The molecule has 0 spiro atoms. The van der Waals surface area contributed by atoms with E-state index in [2.05, 4.69) is 9.89 Å². The molecule has 35 heavy (non-hydrogen) atoms. The molecule has 11 heteroatoms. The molecule has 0 bridgehead atoms. The van der Waals surface area contributed by atoms with Crippen molar-refractivity contribution < 1.29 is 33.4 Å². The molecule has 1 N–H and O–H groups in total. The Morgan fingerprint density at radius 1 is 1.03 bits per heavy atom. The van der Waals surface area contributed by atoms with Crippen LogP contribution in [0, 0.1) is 0 Å². The maximum Gasteiger partial charge on any atom is 0.333 e. The molecule has 4 aliphatic rings. The zero-order chi connectivity index (χ0) is 23.9. The first kappa shape index (κ1) is 21.4. The Morgan fingerprint density at radius 2 is 1.86 bits per heavy atom. The van der Waals surface area contributed by atoms with Crippen molar-refractivity contribution in [1.82, 2.24) is 9.64 Å². The van der Waals surface area contributed by atoms with Crippen molar-refractivity contribution in [3.8, 4) is 23.0 Å². The first-order valence-corrected chi connectivity index (χ1v) is 11.6. The topological polar surface area (TPSA) is 119 Å². The van der Waals surface area contributed by atoms with Crippen LogP contribution in [0.4, 0.5) is 11.4 Å². The van der Waals surface area contributed by atoms with Crippen LogP contribution in [0.25, 0.3) is 0 Å². The van der Waals surface area contributed by atoms with Gasteiger partial charge >= 0.3 is 5.97 Å². The molecule has 11 nitrogen and oxygen atoms in total. The van der Waals surface area contributed by atoms with E-state index in [1.54, 1.807) is 0 Å². The van der Waals surface area contributed by atoms with E-state index >= 15 is 0 Å². The van der Waals surface area contributed by atoms with Gasteiger partial charge in [-0.15, -0.1) is 5.06 Å². The van der Waals surface area contributed by atoms with Gasteiger partial charge in [-0.1, -0.05) is 0 Å². The zero-order valence-corrected chi connectivity index (χ0v) is 18.9. The normalized spacial score (nSPS) is 17.5. The van der Waals surface area contributed by atoms with Crippen molar-refractivity contribution in [3.63, 3.8) is 0 Å². The molecule has 2 amide bonds. The summed E-state index contributed by atoms with van der Waals surface area (Å²) in [6, 6.07) is 7.52. The molecule has 0 aromatic heterocycles. The number of rotatable bonds is 5. The SMILES string of the molecule is O=C(CCC[N+]1=c2cc3c(cc2OCC1)=Nc1cc2c(cc1O3)NCCO2)ON1C(=O)CCC1=O. The van der Waals surface area contributed by atoms with Crippen LogP contribution in [0.3, 0.4) is 0 Å². The van der Waals surface area contributed by atoms with Gasteiger partial charge < -0.3 is 24.4 Å². The average Bonchev–Trinajstić information content (AvgIpc) is 3.17. The second kappa shape index (κ2) is 8.57. The summed E-state index contributed by atoms with van der Waals surface area (Å²) in [7, 11) is 0. The summed E-state index contributed by atoms with van der Waals surface area (Å²) >= 11 is 0. The van der Waals surface area contributed by atoms with E-state index in [0.717, 1.165) is 23.3 Å². The van der Waals surface area contributed by atoms with Gasteiger partial charge in [0.2, 0.25) is 5.36 Å². The molecule has 0 aliphatic carbocycles. The highest BCUT2D eigenvalue weighted by atomic mass is 16.7. The molecule has 1 fully saturated rings. The van der Waals surface area contributed by atoms with E-state index in [0.29, 0.717) is 66.1 Å². The lowest BCUT2D eigenvalue weighted by atomic mass is 10.2. The molecular formula is C24H23N4O7+. The number of fused-ring (bicyclic) bond motifs is 4. The summed E-state index contributed by atoms with van der Waals surface area (Å²) in [4.78, 5) is 45.1. The van der Waals surface area contributed by atoms with Gasteiger partial charge in [-0.3, -0.25) is 9.59 Å². The molecule has 0 atom stereocenters. The summed E-state index contributed by atoms with van der Waals surface area (Å²) in [5, 5.41) is 5.40. The van der Waals surface area contributed by atoms with Crippen LogP contribution in [-0.2, 0) is 19.2 Å². The number of ether oxygens (including phenoxy) is 3. The van der Waals surface area contributed by atoms with Gasteiger partial charge in [-0.25, -0.2) is 14.4 Å². The number of nitrogens with one attached hydrogen (secondary N) is 1. The van der Waals surface area contributed by atoms with Crippen molar-refractivity contribution in [1.29, 1.82) is 0 Å². The highest BCUT2D eigenvalue weighted by molar-refractivity contribution is 6.01. The molecule has 4 heterocycles. The zero-order valence-electron chi connectivity index (χ0n) is 18.9. The summed E-state index contributed by atoms with van der Waals surface area (Å²) in [6.45, 7) is 3.04. The van der Waals surface area contributed by atoms with Crippen LogP contribution < -0.4 is 34.8 Å². The maximum atomic E-state index is 12.1. The summed E-state index contributed by atoms with van der Waals surface area (Å²) in [5.74, 6) is 1.14. The Bertz CT molecular complexity index is 1370. The number of amides is 2. The number of hydrogen-bond donors (Lipinski definition) is 1. The van der Waals surface area contributed by atoms with Gasteiger partial charge in [-0.2, -0.15) is 0 Å². The van der Waals surface area contributed by atoms with Crippen molar-refractivity contribution in [2.75, 3.05) is 38.2 Å². The number of imide groups is 1. The average molecular weight is 479 g/mol. The smallest absolute Gasteiger partial charge is 0.333 e. The third-order valence-corrected chi connectivity index (χ3v) is 6.20. The van der Waals surface area contributed by atoms with E-state index in [1.807, 2.05) is 24.3 Å². The quantitative estimate of drug-likeness (QED) is 0.422. The Labute approximate surface area is 199 Å². The predicted molar refractivity (Wildman–Crippen MR) is 120 cm³/mol. The molecule has 0 radical (unpaired) electrons. The van der Waals surface area contributed by atoms with Crippen LogP contribution in [0.15, 0.2) is 29.3 Å². The van der Waals surface area contributed by atoms with Gasteiger partial charge in [0, 0.05) is 44.0 Å². The van der Waals surface area contributed by atoms with E-state index in [9.17, 15) is 14.4 Å². The second-order valence-electron chi connectivity index (χ2n) is 8.58. The van der Waals surface area contributed by atoms with Crippen molar-refractivity contribution >= 4 is 29.2 Å². The molecule has 180 valence electrons. The molecule has 0 unspecified atom stereocenters.